The topological polar surface area (TPSA) is 56.7 Å². The number of furan rings is 1. The molecule has 5 nitrogen and oxygen atoms in total. The van der Waals surface area contributed by atoms with Gasteiger partial charge in [-0.2, -0.15) is 0 Å². The van der Waals surface area contributed by atoms with Crippen molar-refractivity contribution >= 4 is 65.3 Å². The molecule has 0 amide bonds. The number of para-hydroxylation sites is 1. The van der Waals surface area contributed by atoms with Crippen LogP contribution in [0, 0.1) is 0 Å². The maximum Gasteiger partial charge on any atom is 0.164 e. The predicted octanol–water partition coefficient (Wildman–Crippen LogP) is 13.8. The molecule has 12 aromatic rings. The van der Waals surface area contributed by atoms with E-state index < -0.39 is 0 Å². The number of benzene rings is 9. The lowest BCUT2D eigenvalue weighted by Gasteiger charge is -2.12. The van der Waals surface area contributed by atoms with Crippen molar-refractivity contribution in [2.24, 2.45) is 0 Å². The summed E-state index contributed by atoms with van der Waals surface area (Å²) in [6.07, 6.45) is 0. The fourth-order valence-corrected chi connectivity index (χ4v) is 8.73. The first-order valence-electron chi connectivity index (χ1n) is 19.5. The average Bonchev–Trinajstić information content (AvgIpc) is 3.85. The van der Waals surface area contributed by atoms with Crippen LogP contribution >= 0.6 is 0 Å². The second kappa shape index (κ2) is 12.8. The van der Waals surface area contributed by atoms with Crippen molar-refractivity contribution in [1.82, 2.24) is 19.5 Å². The van der Waals surface area contributed by atoms with Crippen LogP contribution in [0.25, 0.3) is 116 Å². The molecule has 0 bridgehead atoms. The lowest BCUT2D eigenvalue weighted by molar-refractivity contribution is 0.666. The zero-order valence-electron chi connectivity index (χ0n) is 31.2. The summed E-state index contributed by atoms with van der Waals surface area (Å²) >= 11 is 0. The van der Waals surface area contributed by atoms with Crippen molar-refractivity contribution < 1.29 is 4.42 Å². The third-order valence-corrected chi connectivity index (χ3v) is 11.4. The molecule has 9 aromatic carbocycles. The van der Waals surface area contributed by atoms with Gasteiger partial charge >= 0.3 is 0 Å². The van der Waals surface area contributed by atoms with E-state index in [4.69, 9.17) is 19.4 Å². The molecule has 12 rings (SSSR count). The number of hydrogen-bond donors (Lipinski definition) is 0. The van der Waals surface area contributed by atoms with Gasteiger partial charge in [0.25, 0.3) is 0 Å². The minimum atomic E-state index is 0.584. The number of aromatic nitrogens is 4. The summed E-state index contributed by atoms with van der Waals surface area (Å²) in [6, 6.07) is 68.0. The number of rotatable bonds is 5. The Hall–Kier alpha value is -7.89. The normalized spacial score (nSPS) is 11.8. The minimum Gasteiger partial charge on any atom is -0.454 e. The van der Waals surface area contributed by atoms with Crippen LogP contribution in [0.15, 0.2) is 199 Å². The first kappa shape index (κ1) is 32.4. The van der Waals surface area contributed by atoms with Crippen LogP contribution in [-0.4, -0.2) is 19.5 Å². The molecule has 0 fully saturated rings. The molecule has 0 aliphatic rings. The van der Waals surface area contributed by atoms with Crippen molar-refractivity contribution in [1.29, 1.82) is 0 Å². The van der Waals surface area contributed by atoms with E-state index in [1.54, 1.807) is 0 Å². The highest BCUT2D eigenvalue weighted by atomic mass is 16.3. The molecule has 0 spiro atoms. The van der Waals surface area contributed by atoms with Crippen molar-refractivity contribution in [2.45, 2.75) is 0 Å². The van der Waals surface area contributed by atoms with E-state index in [9.17, 15) is 0 Å². The Kier molecular flexibility index (Phi) is 7.16. The van der Waals surface area contributed by atoms with Crippen LogP contribution in [0.5, 0.6) is 0 Å². The molecule has 58 heavy (non-hydrogen) atoms. The van der Waals surface area contributed by atoms with Crippen molar-refractivity contribution in [3.8, 4) is 51.0 Å². The standard InChI is InChI=1S/C53H32N4O/c1-3-14-33(15-4-1)39-31-43-49-42(53-55-51(36-18-5-2-6-19-36)54-52(56-53)38-27-26-34-16-7-8-20-37(34)30-38)23-13-25-47(49)58-50(43)46(32-39)57-44-24-12-11-22-41(44)48-40-21-10-9-17-35(40)28-29-45(48)57/h1-32H. The first-order valence-corrected chi connectivity index (χ1v) is 19.5. The van der Waals surface area contributed by atoms with Crippen molar-refractivity contribution in [2.75, 3.05) is 0 Å². The highest BCUT2D eigenvalue weighted by Gasteiger charge is 2.23. The molecule has 0 saturated heterocycles. The van der Waals surface area contributed by atoms with Gasteiger partial charge in [-0.1, -0.05) is 158 Å². The molecule has 3 heterocycles. The van der Waals surface area contributed by atoms with E-state index in [-0.39, 0.29) is 0 Å². The SMILES string of the molecule is c1ccc(-c2cc(-n3c4ccccc4c4c5ccccc5ccc43)c3oc4cccc(-c5nc(-c6ccccc6)nc(-c6ccc7ccccc7c6)n5)c4c3c2)cc1. The largest absolute Gasteiger partial charge is 0.454 e. The third-order valence-electron chi connectivity index (χ3n) is 11.4. The first-order chi connectivity index (χ1) is 28.7. The molecule has 3 aromatic heterocycles. The van der Waals surface area contributed by atoms with Gasteiger partial charge in [0.15, 0.2) is 23.1 Å². The Morgan fingerprint density at radius 2 is 1.02 bits per heavy atom. The quantitative estimate of drug-likeness (QED) is 0.176. The summed E-state index contributed by atoms with van der Waals surface area (Å²) in [5, 5.41) is 9.10. The van der Waals surface area contributed by atoms with Gasteiger partial charge in [0.05, 0.1) is 16.7 Å². The smallest absolute Gasteiger partial charge is 0.164 e. The van der Waals surface area contributed by atoms with Crippen molar-refractivity contribution in [3.63, 3.8) is 0 Å². The molecular formula is C53H32N4O. The van der Waals surface area contributed by atoms with E-state index >= 15 is 0 Å². The minimum absolute atomic E-state index is 0.584. The Morgan fingerprint density at radius 1 is 0.362 bits per heavy atom. The van der Waals surface area contributed by atoms with E-state index in [0.29, 0.717) is 17.5 Å². The van der Waals surface area contributed by atoms with Crippen LogP contribution in [0.3, 0.4) is 0 Å². The molecule has 270 valence electrons. The van der Waals surface area contributed by atoms with E-state index in [0.717, 1.165) is 71.9 Å². The van der Waals surface area contributed by atoms with Gasteiger partial charge in [-0.25, -0.2) is 15.0 Å². The van der Waals surface area contributed by atoms with E-state index in [2.05, 4.69) is 156 Å². The highest BCUT2D eigenvalue weighted by molar-refractivity contribution is 6.22. The Labute approximate surface area is 333 Å². The molecule has 0 saturated carbocycles. The van der Waals surface area contributed by atoms with Gasteiger partial charge in [0, 0.05) is 38.2 Å². The van der Waals surface area contributed by atoms with Crippen LogP contribution in [-0.2, 0) is 0 Å². The zero-order valence-corrected chi connectivity index (χ0v) is 31.2. The maximum atomic E-state index is 7.03. The second-order valence-corrected chi connectivity index (χ2v) is 14.8. The van der Waals surface area contributed by atoms with E-state index in [1.165, 1.54) is 26.9 Å². The van der Waals surface area contributed by atoms with Gasteiger partial charge in [0.2, 0.25) is 0 Å². The summed E-state index contributed by atoms with van der Waals surface area (Å²) in [6.45, 7) is 0. The van der Waals surface area contributed by atoms with Gasteiger partial charge < -0.3 is 8.98 Å². The second-order valence-electron chi connectivity index (χ2n) is 14.8. The number of fused-ring (bicyclic) bond motifs is 9. The van der Waals surface area contributed by atoms with Crippen LogP contribution in [0.4, 0.5) is 0 Å². The van der Waals surface area contributed by atoms with Crippen LogP contribution in [0.1, 0.15) is 0 Å². The van der Waals surface area contributed by atoms with Gasteiger partial charge in [0.1, 0.15) is 5.58 Å². The lowest BCUT2D eigenvalue weighted by atomic mass is 9.99. The van der Waals surface area contributed by atoms with E-state index in [1.807, 2.05) is 42.5 Å². The summed E-state index contributed by atoms with van der Waals surface area (Å²) < 4.78 is 9.41. The molecule has 0 aliphatic heterocycles. The maximum absolute atomic E-state index is 7.03. The Morgan fingerprint density at radius 3 is 1.84 bits per heavy atom. The number of hydrogen-bond acceptors (Lipinski definition) is 4. The van der Waals surface area contributed by atoms with Crippen molar-refractivity contribution in [3.05, 3.63) is 194 Å². The molecular weight excluding hydrogens is 709 g/mol. The van der Waals surface area contributed by atoms with Gasteiger partial charge in [-0.15, -0.1) is 0 Å². The predicted molar refractivity (Wildman–Crippen MR) is 238 cm³/mol. The van der Waals surface area contributed by atoms with Crippen LogP contribution < -0.4 is 0 Å². The summed E-state index contributed by atoms with van der Waals surface area (Å²) in [4.78, 5) is 15.5. The van der Waals surface area contributed by atoms with Crippen LogP contribution in [0.2, 0.25) is 0 Å². The fourth-order valence-electron chi connectivity index (χ4n) is 8.73. The molecule has 5 heteroatoms. The summed E-state index contributed by atoms with van der Waals surface area (Å²) in [7, 11) is 0. The molecule has 0 N–H and O–H groups in total. The Bertz CT molecular complexity index is 3570. The Balaban J connectivity index is 1.17. The lowest BCUT2D eigenvalue weighted by Crippen LogP contribution is -2.00. The van der Waals surface area contributed by atoms with Gasteiger partial charge in [-0.05, 0) is 69.1 Å². The molecule has 0 unspecified atom stereocenters. The average molecular weight is 741 g/mol. The molecule has 0 aliphatic carbocycles. The number of nitrogens with zero attached hydrogens (tertiary/aromatic N) is 4. The monoisotopic (exact) mass is 740 g/mol. The zero-order chi connectivity index (χ0) is 38.2. The highest BCUT2D eigenvalue weighted by Crippen LogP contribution is 2.44. The van der Waals surface area contributed by atoms with Gasteiger partial charge in [-0.3, -0.25) is 0 Å². The molecule has 0 atom stereocenters. The fraction of sp³-hybridized carbons (Fsp3) is 0. The third kappa shape index (κ3) is 5.07. The summed E-state index contributed by atoms with van der Waals surface area (Å²) in [5.41, 5.74) is 9.70. The summed E-state index contributed by atoms with van der Waals surface area (Å²) in [5.74, 6) is 1.81. The molecule has 0 radical (unpaired) electrons.